The van der Waals surface area contributed by atoms with Gasteiger partial charge in [0.05, 0.1) is 5.02 Å². The van der Waals surface area contributed by atoms with E-state index in [4.69, 9.17) is 11.6 Å². The molecular weight excluding hydrogens is 361 g/mol. The van der Waals surface area contributed by atoms with Gasteiger partial charge in [-0.15, -0.1) is 0 Å². The lowest BCUT2D eigenvalue weighted by Gasteiger charge is -2.17. The van der Waals surface area contributed by atoms with Crippen molar-refractivity contribution < 1.29 is 14.3 Å². The predicted molar refractivity (Wildman–Crippen MR) is 84.3 cm³/mol. The molecule has 110 valence electrons. The number of aliphatic carboxylic acids is 1. The third kappa shape index (κ3) is 3.74. The number of anilines is 1. The van der Waals surface area contributed by atoms with Crippen LogP contribution in [-0.2, 0) is 4.79 Å². The van der Waals surface area contributed by atoms with Gasteiger partial charge in [-0.2, -0.15) is 0 Å². The van der Waals surface area contributed by atoms with E-state index in [1.54, 1.807) is 31.2 Å². The van der Waals surface area contributed by atoms with Gasteiger partial charge in [0.1, 0.15) is 5.82 Å². The van der Waals surface area contributed by atoms with Crippen LogP contribution < -0.4 is 5.32 Å². The van der Waals surface area contributed by atoms with E-state index >= 15 is 0 Å². The highest BCUT2D eigenvalue weighted by Gasteiger charge is 2.23. The van der Waals surface area contributed by atoms with Gasteiger partial charge in [-0.05, 0) is 47.1 Å². The summed E-state index contributed by atoms with van der Waals surface area (Å²) in [7, 11) is 0. The Bertz CT molecular complexity index is 693. The molecule has 0 aliphatic carbocycles. The van der Waals surface area contributed by atoms with Crippen LogP contribution in [0.4, 0.5) is 10.1 Å². The Labute approximate surface area is 134 Å². The van der Waals surface area contributed by atoms with Crippen molar-refractivity contribution in [3.05, 3.63) is 62.8 Å². The lowest BCUT2D eigenvalue weighted by molar-refractivity contribution is -0.138. The number of hydrogen-bond acceptors (Lipinski definition) is 2. The Hall–Kier alpha value is -1.59. The van der Waals surface area contributed by atoms with Gasteiger partial charge < -0.3 is 10.4 Å². The second-order valence-electron chi connectivity index (χ2n) is 4.57. The van der Waals surface area contributed by atoms with Gasteiger partial charge in [-0.3, -0.25) is 0 Å². The lowest BCUT2D eigenvalue weighted by Crippen LogP contribution is -2.21. The molecule has 2 N–H and O–H groups in total. The SMILES string of the molecule is Cc1ccc(F)c(C(Nc2ccc(Cl)c(Br)c2)C(=O)O)c1. The van der Waals surface area contributed by atoms with E-state index in [9.17, 15) is 14.3 Å². The van der Waals surface area contributed by atoms with Gasteiger partial charge in [0, 0.05) is 15.7 Å². The number of aryl methyl sites for hydroxylation is 1. The molecule has 0 spiro atoms. The minimum Gasteiger partial charge on any atom is -0.479 e. The number of hydrogen-bond donors (Lipinski definition) is 2. The van der Waals surface area contributed by atoms with Crippen LogP contribution in [0.2, 0.25) is 5.02 Å². The molecule has 2 aromatic carbocycles. The summed E-state index contributed by atoms with van der Waals surface area (Å²) in [5.41, 5.74) is 1.41. The molecule has 0 aliphatic rings. The van der Waals surface area contributed by atoms with Gasteiger partial charge in [-0.25, -0.2) is 9.18 Å². The van der Waals surface area contributed by atoms with Crippen molar-refractivity contribution in [1.82, 2.24) is 0 Å². The third-order valence-corrected chi connectivity index (χ3v) is 4.15. The number of nitrogens with one attached hydrogen (secondary N) is 1. The predicted octanol–water partition coefficient (Wildman–Crippen LogP) is 4.79. The fraction of sp³-hybridized carbons (Fsp3) is 0.133. The van der Waals surface area contributed by atoms with E-state index < -0.39 is 17.8 Å². The quantitative estimate of drug-likeness (QED) is 0.811. The lowest BCUT2D eigenvalue weighted by atomic mass is 10.0. The van der Waals surface area contributed by atoms with Gasteiger partial charge in [-0.1, -0.05) is 29.3 Å². The zero-order chi connectivity index (χ0) is 15.6. The topological polar surface area (TPSA) is 49.3 Å². The van der Waals surface area contributed by atoms with Crippen LogP contribution in [0, 0.1) is 12.7 Å². The van der Waals surface area contributed by atoms with E-state index in [-0.39, 0.29) is 5.56 Å². The summed E-state index contributed by atoms with van der Waals surface area (Å²) >= 11 is 9.15. The Morgan fingerprint density at radius 3 is 2.67 bits per heavy atom. The van der Waals surface area contributed by atoms with Crippen LogP contribution in [0.3, 0.4) is 0 Å². The van der Waals surface area contributed by atoms with Gasteiger partial charge in [0.2, 0.25) is 0 Å². The summed E-state index contributed by atoms with van der Waals surface area (Å²) in [4.78, 5) is 11.5. The fourth-order valence-electron chi connectivity index (χ4n) is 1.91. The van der Waals surface area contributed by atoms with Crippen molar-refractivity contribution in [3.63, 3.8) is 0 Å². The monoisotopic (exact) mass is 371 g/mol. The largest absolute Gasteiger partial charge is 0.479 e. The summed E-state index contributed by atoms with van der Waals surface area (Å²) in [5, 5.41) is 12.7. The molecule has 3 nitrogen and oxygen atoms in total. The summed E-state index contributed by atoms with van der Waals surface area (Å²) < 4.78 is 14.5. The minimum atomic E-state index is -1.18. The summed E-state index contributed by atoms with van der Waals surface area (Å²) in [5.74, 6) is -1.72. The molecule has 0 fully saturated rings. The Morgan fingerprint density at radius 1 is 1.33 bits per heavy atom. The fourth-order valence-corrected chi connectivity index (χ4v) is 2.41. The number of carbonyl (C=O) groups is 1. The summed E-state index contributed by atoms with van der Waals surface area (Å²) in [6.45, 7) is 1.78. The molecule has 0 saturated heterocycles. The number of halogens is 3. The Kier molecular flexibility index (Phi) is 4.85. The summed E-state index contributed by atoms with van der Waals surface area (Å²) in [6, 6.07) is 8.10. The standard InChI is InChI=1S/C15H12BrClFNO2/c1-8-2-5-13(18)10(6-8)14(15(20)21)19-9-3-4-12(17)11(16)7-9/h2-7,14,19H,1H3,(H,20,21). The van der Waals surface area contributed by atoms with Crippen LogP contribution in [0.15, 0.2) is 40.9 Å². The molecule has 6 heteroatoms. The molecular formula is C15H12BrClFNO2. The molecule has 0 radical (unpaired) electrons. The van der Waals surface area contributed by atoms with Crippen molar-refractivity contribution in [2.24, 2.45) is 0 Å². The Balaban J connectivity index is 2.37. The van der Waals surface area contributed by atoms with Crippen LogP contribution in [0.25, 0.3) is 0 Å². The molecule has 0 amide bonds. The number of carboxylic acid groups (broad SMARTS) is 1. The van der Waals surface area contributed by atoms with Gasteiger partial charge in [0.25, 0.3) is 0 Å². The molecule has 0 aromatic heterocycles. The Morgan fingerprint density at radius 2 is 2.05 bits per heavy atom. The van der Waals surface area contributed by atoms with Crippen LogP contribution >= 0.6 is 27.5 Å². The normalized spacial score (nSPS) is 12.0. The average molecular weight is 373 g/mol. The zero-order valence-electron chi connectivity index (χ0n) is 11.0. The molecule has 0 bridgehead atoms. The molecule has 0 saturated carbocycles. The van der Waals surface area contributed by atoms with Gasteiger partial charge in [0.15, 0.2) is 6.04 Å². The van der Waals surface area contributed by atoms with Crippen molar-refractivity contribution in [2.45, 2.75) is 13.0 Å². The van der Waals surface area contributed by atoms with Gasteiger partial charge >= 0.3 is 5.97 Å². The van der Waals surface area contributed by atoms with Crippen molar-refractivity contribution >= 4 is 39.2 Å². The van der Waals surface area contributed by atoms with Crippen LogP contribution in [-0.4, -0.2) is 11.1 Å². The first-order chi connectivity index (χ1) is 9.88. The first-order valence-corrected chi connectivity index (χ1v) is 7.26. The second-order valence-corrected chi connectivity index (χ2v) is 5.83. The third-order valence-electron chi connectivity index (χ3n) is 2.94. The summed E-state index contributed by atoms with van der Waals surface area (Å²) in [6.07, 6.45) is 0. The molecule has 1 atom stereocenters. The number of benzene rings is 2. The molecule has 21 heavy (non-hydrogen) atoms. The average Bonchev–Trinajstić information content (AvgIpc) is 2.42. The minimum absolute atomic E-state index is 0.0913. The van der Waals surface area contributed by atoms with Crippen molar-refractivity contribution in [2.75, 3.05) is 5.32 Å². The maximum atomic E-state index is 13.9. The molecule has 0 aliphatic heterocycles. The molecule has 1 unspecified atom stereocenters. The van der Waals surface area contributed by atoms with E-state index in [0.717, 1.165) is 5.56 Å². The number of rotatable bonds is 4. The second kappa shape index (κ2) is 6.45. The highest BCUT2D eigenvalue weighted by Crippen LogP contribution is 2.29. The molecule has 2 aromatic rings. The van der Waals surface area contributed by atoms with Crippen LogP contribution in [0.1, 0.15) is 17.2 Å². The van der Waals surface area contributed by atoms with E-state index in [1.165, 1.54) is 12.1 Å². The molecule has 0 heterocycles. The van der Waals surface area contributed by atoms with E-state index in [1.807, 2.05) is 0 Å². The van der Waals surface area contributed by atoms with Crippen molar-refractivity contribution in [3.8, 4) is 0 Å². The smallest absolute Gasteiger partial charge is 0.330 e. The maximum Gasteiger partial charge on any atom is 0.330 e. The van der Waals surface area contributed by atoms with E-state index in [0.29, 0.717) is 15.2 Å². The number of carboxylic acids is 1. The molecule has 2 rings (SSSR count). The van der Waals surface area contributed by atoms with E-state index in [2.05, 4.69) is 21.2 Å². The van der Waals surface area contributed by atoms with Crippen molar-refractivity contribution in [1.29, 1.82) is 0 Å². The zero-order valence-corrected chi connectivity index (χ0v) is 13.4. The highest BCUT2D eigenvalue weighted by molar-refractivity contribution is 9.10. The maximum absolute atomic E-state index is 13.9. The first kappa shape index (κ1) is 15.8. The first-order valence-electron chi connectivity index (χ1n) is 6.09. The van der Waals surface area contributed by atoms with Crippen LogP contribution in [0.5, 0.6) is 0 Å². The highest BCUT2D eigenvalue weighted by atomic mass is 79.9.